The Labute approximate surface area is 180 Å². The van der Waals surface area contributed by atoms with Crippen LogP contribution in [0.5, 0.6) is 0 Å². The van der Waals surface area contributed by atoms with Crippen LogP contribution in [0.3, 0.4) is 0 Å². The van der Waals surface area contributed by atoms with E-state index in [0.29, 0.717) is 23.6 Å². The van der Waals surface area contributed by atoms with Crippen molar-refractivity contribution >= 4 is 17.1 Å². The van der Waals surface area contributed by atoms with Crippen LogP contribution < -0.4 is 5.32 Å². The van der Waals surface area contributed by atoms with Crippen LogP contribution >= 0.6 is 0 Å². The van der Waals surface area contributed by atoms with Crippen LogP contribution in [0.1, 0.15) is 49.8 Å². The zero-order valence-electron chi connectivity index (χ0n) is 17.3. The Morgan fingerprint density at radius 3 is 2.58 bits per heavy atom. The van der Waals surface area contributed by atoms with Crippen molar-refractivity contribution in [3.05, 3.63) is 66.2 Å². The fourth-order valence-corrected chi connectivity index (χ4v) is 5.57. The van der Waals surface area contributed by atoms with Crippen LogP contribution in [0, 0.1) is 5.82 Å². The van der Waals surface area contributed by atoms with Gasteiger partial charge >= 0.3 is 6.09 Å². The summed E-state index contributed by atoms with van der Waals surface area (Å²) in [5, 5.41) is 12.0. The van der Waals surface area contributed by atoms with Crippen molar-refractivity contribution in [3.63, 3.8) is 0 Å². The average Bonchev–Trinajstić information content (AvgIpc) is 3.28. The van der Waals surface area contributed by atoms with E-state index in [9.17, 15) is 14.3 Å². The van der Waals surface area contributed by atoms with Crippen LogP contribution in [0.2, 0.25) is 0 Å². The number of carboxylic acid groups (broad SMARTS) is 1. The molecule has 6 nitrogen and oxygen atoms in total. The van der Waals surface area contributed by atoms with E-state index in [0.717, 1.165) is 36.9 Å². The third-order valence-corrected chi connectivity index (χ3v) is 6.97. The van der Waals surface area contributed by atoms with Gasteiger partial charge in [-0.3, -0.25) is 4.90 Å². The second-order valence-electron chi connectivity index (χ2n) is 8.73. The number of carbonyl (C=O) groups is 1. The summed E-state index contributed by atoms with van der Waals surface area (Å²) in [7, 11) is 0. The molecule has 1 aromatic heterocycles. The van der Waals surface area contributed by atoms with E-state index in [-0.39, 0.29) is 11.9 Å². The van der Waals surface area contributed by atoms with Gasteiger partial charge in [-0.15, -0.1) is 0 Å². The molecule has 31 heavy (non-hydrogen) atoms. The van der Waals surface area contributed by atoms with Gasteiger partial charge in [-0.05, 0) is 49.8 Å². The molecule has 0 spiro atoms. The van der Waals surface area contributed by atoms with E-state index in [1.54, 1.807) is 0 Å². The largest absolute Gasteiger partial charge is 0.465 e. The van der Waals surface area contributed by atoms with Crippen LogP contribution in [0.25, 0.3) is 11.0 Å². The minimum Gasteiger partial charge on any atom is -0.465 e. The monoisotopic (exact) mass is 422 g/mol. The number of hydrogen-bond acceptors (Lipinski definition) is 3. The van der Waals surface area contributed by atoms with Crippen molar-refractivity contribution in [3.8, 4) is 0 Å². The normalized spacial score (nSPS) is 24.4. The number of rotatable bonds is 6. The lowest BCUT2D eigenvalue weighted by atomic mass is 9.95. The number of nitrogens with one attached hydrogen (secondary N) is 1. The number of halogens is 1. The van der Waals surface area contributed by atoms with Gasteiger partial charge in [-0.1, -0.05) is 30.3 Å². The average molecular weight is 423 g/mol. The maximum Gasteiger partial charge on any atom is 0.405 e. The van der Waals surface area contributed by atoms with Gasteiger partial charge in [0.1, 0.15) is 5.82 Å². The van der Waals surface area contributed by atoms with E-state index in [4.69, 9.17) is 0 Å². The second kappa shape index (κ2) is 8.30. The number of nitrogens with zero attached hydrogens (tertiary/aromatic N) is 3. The molecule has 7 heteroatoms. The predicted molar refractivity (Wildman–Crippen MR) is 116 cm³/mol. The lowest BCUT2D eigenvalue weighted by molar-refractivity contribution is 0.103. The number of aromatic nitrogens is 2. The van der Waals surface area contributed by atoms with Crippen molar-refractivity contribution in [1.29, 1.82) is 0 Å². The van der Waals surface area contributed by atoms with Gasteiger partial charge in [0.05, 0.1) is 23.4 Å². The summed E-state index contributed by atoms with van der Waals surface area (Å²) in [6, 6.07) is 15.8. The number of hydrogen-bond donors (Lipinski definition) is 2. The standard InChI is InChI=1S/C24H27FN4O2/c25-17-6-9-23-22(12-17)26-15-29(23)20-13-18-7-8-19(14-20)28(18)11-10-21(27-24(30)31)16-4-2-1-3-5-16/h1-6,9,12,15,18-21,27H,7-8,10-11,13-14H2,(H,30,31)/t18?,19?,20?,21-/m0/s1. The van der Waals surface area contributed by atoms with Crippen LogP contribution in [0.4, 0.5) is 9.18 Å². The summed E-state index contributed by atoms with van der Waals surface area (Å²) in [6.07, 6.45) is 6.05. The summed E-state index contributed by atoms with van der Waals surface area (Å²) in [4.78, 5) is 18.3. The fourth-order valence-electron chi connectivity index (χ4n) is 5.57. The van der Waals surface area contributed by atoms with Crippen molar-refractivity contribution in [2.45, 2.75) is 56.3 Å². The molecule has 2 aliphatic heterocycles. The highest BCUT2D eigenvalue weighted by atomic mass is 19.1. The molecule has 3 atom stereocenters. The predicted octanol–water partition coefficient (Wildman–Crippen LogP) is 4.74. The maximum absolute atomic E-state index is 13.5. The van der Waals surface area contributed by atoms with E-state index < -0.39 is 6.09 Å². The summed E-state index contributed by atoms with van der Waals surface area (Å²) >= 11 is 0. The van der Waals surface area contributed by atoms with Gasteiger partial charge in [-0.2, -0.15) is 0 Å². The molecule has 0 saturated carbocycles. The summed E-state index contributed by atoms with van der Waals surface area (Å²) < 4.78 is 15.7. The molecule has 3 aromatic rings. The molecule has 5 rings (SSSR count). The molecule has 2 bridgehead atoms. The highest BCUT2D eigenvalue weighted by Gasteiger charge is 2.41. The second-order valence-corrected chi connectivity index (χ2v) is 8.73. The molecule has 1 amide bonds. The summed E-state index contributed by atoms with van der Waals surface area (Å²) in [6.45, 7) is 0.873. The van der Waals surface area contributed by atoms with E-state index in [1.807, 2.05) is 42.7 Å². The molecule has 2 saturated heterocycles. The first kappa shape index (κ1) is 20.0. The quantitative estimate of drug-likeness (QED) is 0.602. The van der Waals surface area contributed by atoms with Gasteiger partial charge in [0.2, 0.25) is 0 Å². The number of imidazole rings is 1. The van der Waals surface area contributed by atoms with Crippen LogP contribution in [-0.4, -0.2) is 44.3 Å². The van der Waals surface area contributed by atoms with Crippen LogP contribution in [-0.2, 0) is 0 Å². The lowest BCUT2D eigenvalue weighted by Crippen LogP contribution is -2.44. The fraction of sp³-hybridized carbons (Fsp3) is 0.417. The zero-order chi connectivity index (χ0) is 21.4. The van der Waals surface area contributed by atoms with E-state index in [1.165, 1.54) is 25.0 Å². The molecule has 2 unspecified atom stereocenters. The highest BCUT2D eigenvalue weighted by Crippen LogP contribution is 2.42. The molecular formula is C24H27FN4O2. The Morgan fingerprint density at radius 2 is 1.87 bits per heavy atom. The minimum atomic E-state index is -0.987. The number of benzene rings is 2. The first-order valence-electron chi connectivity index (χ1n) is 11.0. The van der Waals surface area contributed by atoms with Gasteiger partial charge in [-0.25, -0.2) is 14.2 Å². The molecule has 2 aromatic carbocycles. The highest BCUT2D eigenvalue weighted by molar-refractivity contribution is 5.75. The maximum atomic E-state index is 13.5. The molecule has 2 fully saturated rings. The molecule has 2 N–H and O–H groups in total. The SMILES string of the molecule is O=C(O)N[C@@H](CCN1C2CCC1CC(n1cnc3cc(F)ccc31)C2)c1ccccc1. The first-order chi connectivity index (χ1) is 15.1. The van der Waals surface area contributed by atoms with Crippen molar-refractivity contribution in [2.75, 3.05) is 6.54 Å². The summed E-state index contributed by atoms with van der Waals surface area (Å²) in [5.41, 5.74) is 2.71. The molecule has 0 radical (unpaired) electrons. The first-order valence-corrected chi connectivity index (χ1v) is 11.0. The molecule has 3 heterocycles. The van der Waals surface area contributed by atoms with Crippen molar-refractivity contribution in [2.24, 2.45) is 0 Å². The number of fused-ring (bicyclic) bond motifs is 3. The molecule has 0 aliphatic carbocycles. The van der Waals surface area contributed by atoms with E-state index in [2.05, 4.69) is 19.8 Å². The van der Waals surface area contributed by atoms with Gasteiger partial charge in [0, 0.05) is 30.7 Å². The summed E-state index contributed by atoms with van der Waals surface area (Å²) in [5.74, 6) is -0.254. The Bertz CT molecular complexity index is 1060. The van der Waals surface area contributed by atoms with Crippen LogP contribution in [0.15, 0.2) is 54.9 Å². The van der Waals surface area contributed by atoms with Crippen molar-refractivity contribution < 1.29 is 14.3 Å². The van der Waals surface area contributed by atoms with Crippen molar-refractivity contribution in [1.82, 2.24) is 19.8 Å². The van der Waals surface area contributed by atoms with Gasteiger partial charge in [0.15, 0.2) is 0 Å². The lowest BCUT2D eigenvalue weighted by Gasteiger charge is -2.40. The van der Waals surface area contributed by atoms with E-state index >= 15 is 0 Å². The Balaban J connectivity index is 1.28. The third-order valence-electron chi connectivity index (χ3n) is 6.97. The Kier molecular flexibility index (Phi) is 5.36. The Morgan fingerprint density at radius 1 is 1.13 bits per heavy atom. The van der Waals surface area contributed by atoms with Gasteiger partial charge < -0.3 is 15.0 Å². The topological polar surface area (TPSA) is 70.4 Å². The molecule has 162 valence electrons. The Hall–Kier alpha value is -2.93. The number of amides is 1. The smallest absolute Gasteiger partial charge is 0.405 e. The number of piperidine rings is 1. The third kappa shape index (κ3) is 4.02. The zero-order valence-corrected chi connectivity index (χ0v) is 17.3. The minimum absolute atomic E-state index is 0.205. The molecule has 2 aliphatic rings. The van der Waals surface area contributed by atoms with Gasteiger partial charge in [0.25, 0.3) is 0 Å². The molecular weight excluding hydrogens is 395 g/mol.